The Hall–Kier alpha value is -2.43. The van der Waals surface area contributed by atoms with Gasteiger partial charge in [0.15, 0.2) is 0 Å². The largest absolute Gasteiger partial charge is 0.497 e. The average molecular weight is 450 g/mol. The lowest BCUT2D eigenvalue weighted by atomic mass is 9.92. The van der Waals surface area contributed by atoms with Crippen LogP contribution < -0.4 is 14.8 Å². The van der Waals surface area contributed by atoms with E-state index < -0.39 is 28.1 Å². The molecule has 2 amide bonds. The monoisotopic (exact) mass is 449 g/mol. The molecule has 2 aromatic rings. The Labute approximate surface area is 179 Å². The van der Waals surface area contributed by atoms with Crippen molar-refractivity contribution < 1.29 is 22.7 Å². The third-order valence-corrected chi connectivity index (χ3v) is 8.40. The number of hydrogen-bond acceptors (Lipinski definition) is 6. The van der Waals surface area contributed by atoms with Gasteiger partial charge in [-0.05, 0) is 42.0 Å². The van der Waals surface area contributed by atoms with Crippen LogP contribution in [0.2, 0.25) is 0 Å². The Morgan fingerprint density at radius 3 is 2.67 bits per heavy atom. The maximum absolute atomic E-state index is 13.0. The van der Waals surface area contributed by atoms with Gasteiger partial charge < -0.3 is 15.0 Å². The molecule has 10 heteroatoms. The standard InChI is InChI=1S/C20H23N3O5S2/c1-28-15-6-4-13(5-7-15)11-16-20(25)23-9-8-14(12-17(23)19(24)21-16)22-30(26,27)18-3-2-10-29-18/h2-7,10,14,16-17,22H,8-9,11-12H2,1H3,(H,21,24)/t14-,16-,17-/m0/s1. The van der Waals surface area contributed by atoms with Crippen LogP contribution in [0.4, 0.5) is 0 Å². The zero-order valence-electron chi connectivity index (χ0n) is 16.4. The second-order valence-corrected chi connectivity index (χ2v) is 10.3. The van der Waals surface area contributed by atoms with E-state index in [1.807, 2.05) is 24.3 Å². The molecule has 2 N–H and O–H groups in total. The van der Waals surface area contributed by atoms with Gasteiger partial charge in [0.1, 0.15) is 22.0 Å². The third-order valence-electron chi connectivity index (χ3n) is 5.48. The van der Waals surface area contributed by atoms with E-state index in [-0.39, 0.29) is 22.4 Å². The molecule has 1 aromatic heterocycles. The summed E-state index contributed by atoms with van der Waals surface area (Å²) in [6.45, 7) is 0.341. The molecule has 8 nitrogen and oxygen atoms in total. The fourth-order valence-electron chi connectivity index (χ4n) is 3.94. The number of nitrogens with zero attached hydrogens (tertiary/aromatic N) is 1. The second-order valence-electron chi connectivity index (χ2n) is 7.44. The first kappa shape index (κ1) is 20.8. The third kappa shape index (κ3) is 4.21. The molecular formula is C20H23N3O5S2. The number of amides is 2. The maximum atomic E-state index is 13.0. The van der Waals surface area contributed by atoms with E-state index in [1.54, 1.807) is 29.5 Å². The smallest absolute Gasteiger partial charge is 0.250 e. The highest BCUT2D eigenvalue weighted by Gasteiger charge is 2.44. The van der Waals surface area contributed by atoms with Gasteiger partial charge >= 0.3 is 0 Å². The molecule has 1 aromatic carbocycles. The van der Waals surface area contributed by atoms with Crippen LogP contribution in [-0.4, -0.2) is 56.9 Å². The van der Waals surface area contributed by atoms with Gasteiger partial charge in [-0.3, -0.25) is 9.59 Å². The first-order valence-electron chi connectivity index (χ1n) is 9.67. The van der Waals surface area contributed by atoms with Crippen LogP contribution in [0.3, 0.4) is 0 Å². The Morgan fingerprint density at radius 1 is 1.23 bits per heavy atom. The van der Waals surface area contributed by atoms with Crippen molar-refractivity contribution in [1.82, 2.24) is 14.9 Å². The minimum absolute atomic E-state index is 0.130. The Bertz CT molecular complexity index is 1020. The predicted molar refractivity (Wildman–Crippen MR) is 112 cm³/mol. The number of piperazine rings is 1. The van der Waals surface area contributed by atoms with E-state index in [0.29, 0.717) is 19.4 Å². The zero-order chi connectivity index (χ0) is 21.3. The number of methoxy groups -OCH3 is 1. The summed E-state index contributed by atoms with van der Waals surface area (Å²) in [6, 6.07) is 8.93. The Balaban J connectivity index is 1.41. The number of nitrogens with one attached hydrogen (secondary N) is 2. The SMILES string of the molecule is COc1ccc(C[C@@H]2NC(=O)[C@@H]3C[C@@H](NS(=O)(=O)c4cccs4)CCN3C2=O)cc1. The van der Waals surface area contributed by atoms with E-state index in [2.05, 4.69) is 10.0 Å². The van der Waals surface area contributed by atoms with E-state index in [4.69, 9.17) is 4.74 Å². The van der Waals surface area contributed by atoms with Crippen molar-refractivity contribution in [1.29, 1.82) is 0 Å². The molecule has 4 rings (SSSR count). The summed E-state index contributed by atoms with van der Waals surface area (Å²) < 4.78 is 33.0. The molecule has 0 unspecified atom stereocenters. The number of fused-ring (bicyclic) bond motifs is 1. The van der Waals surface area contributed by atoms with Gasteiger partial charge in [0.05, 0.1) is 7.11 Å². The van der Waals surface area contributed by atoms with Crippen LogP contribution in [0.1, 0.15) is 18.4 Å². The highest BCUT2D eigenvalue weighted by molar-refractivity contribution is 7.91. The van der Waals surface area contributed by atoms with Gasteiger partial charge in [-0.15, -0.1) is 11.3 Å². The van der Waals surface area contributed by atoms with Gasteiger partial charge in [-0.2, -0.15) is 0 Å². The number of piperidine rings is 1. The summed E-state index contributed by atoms with van der Waals surface area (Å²) in [5.41, 5.74) is 0.923. The van der Waals surface area contributed by atoms with Gasteiger partial charge in [-0.25, -0.2) is 13.1 Å². The summed E-state index contributed by atoms with van der Waals surface area (Å²) in [4.78, 5) is 27.3. The lowest BCUT2D eigenvalue weighted by molar-refractivity contribution is -0.151. The highest BCUT2D eigenvalue weighted by atomic mass is 32.2. The van der Waals surface area contributed by atoms with Crippen LogP contribution in [0, 0.1) is 0 Å². The van der Waals surface area contributed by atoms with Crippen LogP contribution in [0.25, 0.3) is 0 Å². The van der Waals surface area contributed by atoms with Crippen molar-refractivity contribution in [2.24, 2.45) is 0 Å². The van der Waals surface area contributed by atoms with Crippen LogP contribution >= 0.6 is 11.3 Å². The zero-order valence-corrected chi connectivity index (χ0v) is 18.0. The Morgan fingerprint density at radius 2 is 2.00 bits per heavy atom. The van der Waals surface area contributed by atoms with E-state index in [1.165, 1.54) is 0 Å². The van der Waals surface area contributed by atoms with Crippen molar-refractivity contribution in [2.75, 3.05) is 13.7 Å². The lowest BCUT2D eigenvalue weighted by Crippen LogP contribution is -2.67. The molecule has 0 aliphatic carbocycles. The normalized spacial score (nSPS) is 24.3. The molecule has 0 spiro atoms. The van der Waals surface area contributed by atoms with Gasteiger partial charge in [0.2, 0.25) is 21.8 Å². The van der Waals surface area contributed by atoms with Crippen LogP contribution in [-0.2, 0) is 26.0 Å². The number of ether oxygens (including phenoxy) is 1. The van der Waals surface area contributed by atoms with E-state index in [0.717, 1.165) is 22.6 Å². The van der Waals surface area contributed by atoms with Crippen molar-refractivity contribution in [3.05, 3.63) is 47.3 Å². The maximum Gasteiger partial charge on any atom is 0.250 e. The summed E-state index contributed by atoms with van der Waals surface area (Å²) in [6.07, 6.45) is 1.12. The molecule has 2 aliphatic rings. The van der Waals surface area contributed by atoms with Crippen molar-refractivity contribution >= 4 is 33.2 Å². The van der Waals surface area contributed by atoms with Gasteiger partial charge in [0, 0.05) is 19.0 Å². The number of rotatable bonds is 6. The van der Waals surface area contributed by atoms with Gasteiger partial charge in [0.25, 0.3) is 0 Å². The second kappa shape index (κ2) is 8.37. The van der Waals surface area contributed by atoms with E-state index >= 15 is 0 Å². The summed E-state index contributed by atoms with van der Waals surface area (Å²) in [5.74, 6) is 0.355. The molecule has 2 fully saturated rings. The molecule has 2 aliphatic heterocycles. The molecule has 0 saturated carbocycles. The Kier molecular flexibility index (Phi) is 5.81. The summed E-state index contributed by atoms with van der Waals surface area (Å²) >= 11 is 1.14. The average Bonchev–Trinajstić information content (AvgIpc) is 3.28. The minimum atomic E-state index is -3.62. The fourth-order valence-corrected chi connectivity index (χ4v) is 6.24. The predicted octanol–water partition coefficient (Wildman–Crippen LogP) is 1.14. The number of sulfonamides is 1. The summed E-state index contributed by atoms with van der Waals surface area (Å²) in [5, 5.41) is 4.52. The number of carbonyl (C=O) groups excluding carboxylic acids is 2. The quantitative estimate of drug-likeness (QED) is 0.688. The summed E-state index contributed by atoms with van der Waals surface area (Å²) in [7, 11) is -2.03. The van der Waals surface area contributed by atoms with Crippen molar-refractivity contribution in [3.8, 4) is 5.75 Å². The minimum Gasteiger partial charge on any atom is -0.497 e. The molecular weight excluding hydrogens is 426 g/mol. The number of carbonyl (C=O) groups is 2. The number of benzene rings is 1. The first-order chi connectivity index (χ1) is 14.4. The molecule has 2 saturated heterocycles. The van der Waals surface area contributed by atoms with Crippen molar-refractivity contribution in [2.45, 2.75) is 41.6 Å². The molecule has 30 heavy (non-hydrogen) atoms. The number of hydrogen-bond donors (Lipinski definition) is 2. The fraction of sp³-hybridized carbons (Fsp3) is 0.400. The molecule has 3 atom stereocenters. The van der Waals surface area contributed by atoms with Crippen LogP contribution in [0.15, 0.2) is 46.0 Å². The molecule has 160 valence electrons. The van der Waals surface area contributed by atoms with Gasteiger partial charge in [-0.1, -0.05) is 18.2 Å². The highest BCUT2D eigenvalue weighted by Crippen LogP contribution is 2.25. The number of thiophene rings is 1. The van der Waals surface area contributed by atoms with Crippen LogP contribution in [0.5, 0.6) is 5.75 Å². The molecule has 0 bridgehead atoms. The first-order valence-corrected chi connectivity index (χ1v) is 12.0. The molecule has 0 radical (unpaired) electrons. The lowest BCUT2D eigenvalue weighted by Gasteiger charge is -2.44. The topological polar surface area (TPSA) is 105 Å². The molecule has 3 heterocycles. The van der Waals surface area contributed by atoms with E-state index in [9.17, 15) is 18.0 Å². The van der Waals surface area contributed by atoms with Crippen molar-refractivity contribution in [3.63, 3.8) is 0 Å².